The number of benzene rings is 2. The average molecular weight is 397 g/mol. The van der Waals surface area contributed by atoms with Gasteiger partial charge in [-0.3, -0.25) is 4.79 Å². The summed E-state index contributed by atoms with van der Waals surface area (Å²) in [6.45, 7) is 11.2. The van der Waals surface area contributed by atoms with Crippen LogP contribution in [0.5, 0.6) is 5.75 Å². The molecule has 2 aromatic rings. The van der Waals surface area contributed by atoms with Gasteiger partial charge in [0.2, 0.25) is 0 Å². The van der Waals surface area contributed by atoms with Crippen LogP contribution >= 0.6 is 0 Å². The molecule has 0 bridgehead atoms. The molecule has 2 N–H and O–H groups in total. The van der Waals surface area contributed by atoms with E-state index in [9.17, 15) is 4.79 Å². The predicted octanol–water partition coefficient (Wildman–Crippen LogP) is 2.37. The number of nitrogens with one attached hydrogen (secondary N) is 2. The van der Waals surface area contributed by atoms with E-state index in [-0.39, 0.29) is 11.9 Å². The molecular formula is C24H34N3O2+. The summed E-state index contributed by atoms with van der Waals surface area (Å²) in [4.78, 5) is 16.4. The first-order valence-corrected chi connectivity index (χ1v) is 10.8. The second-order valence-electron chi connectivity index (χ2n) is 7.75. The Morgan fingerprint density at radius 2 is 1.79 bits per heavy atom. The first-order valence-electron chi connectivity index (χ1n) is 10.8. The molecule has 0 saturated carbocycles. The lowest BCUT2D eigenvalue weighted by Crippen LogP contribution is -3.16. The van der Waals surface area contributed by atoms with Crippen LogP contribution in [0.2, 0.25) is 0 Å². The third-order valence-corrected chi connectivity index (χ3v) is 5.61. The van der Waals surface area contributed by atoms with E-state index >= 15 is 0 Å². The summed E-state index contributed by atoms with van der Waals surface area (Å²) in [6, 6.07) is 16.7. The number of piperazine rings is 1. The van der Waals surface area contributed by atoms with Gasteiger partial charge in [-0.05, 0) is 38.0 Å². The summed E-state index contributed by atoms with van der Waals surface area (Å²) in [5, 5.41) is 3.23. The maximum absolute atomic E-state index is 12.6. The van der Waals surface area contributed by atoms with Crippen LogP contribution in [-0.4, -0.2) is 45.2 Å². The fraction of sp³-hybridized carbons (Fsp3) is 0.458. The summed E-state index contributed by atoms with van der Waals surface area (Å²) in [5.74, 6) is 1.08. The number of hydrogen-bond acceptors (Lipinski definition) is 3. The molecule has 1 fully saturated rings. The van der Waals surface area contributed by atoms with E-state index in [1.165, 1.54) is 16.0 Å². The highest BCUT2D eigenvalue weighted by atomic mass is 16.5. The Labute approximate surface area is 174 Å². The summed E-state index contributed by atoms with van der Waals surface area (Å²) in [6.07, 6.45) is 0.895. The number of rotatable bonds is 8. The minimum atomic E-state index is 0.0851. The molecule has 0 spiro atoms. The fourth-order valence-electron chi connectivity index (χ4n) is 3.93. The zero-order valence-corrected chi connectivity index (χ0v) is 17.9. The first-order chi connectivity index (χ1) is 14.1. The van der Waals surface area contributed by atoms with E-state index in [1.54, 1.807) is 0 Å². The van der Waals surface area contributed by atoms with Gasteiger partial charge < -0.3 is 19.9 Å². The van der Waals surface area contributed by atoms with E-state index in [0.717, 1.165) is 44.0 Å². The Balaban J connectivity index is 1.51. The van der Waals surface area contributed by atoms with Crippen LogP contribution in [0.25, 0.3) is 0 Å². The molecule has 1 aliphatic rings. The lowest BCUT2D eigenvalue weighted by atomic mass is 10.0. The molecule has 0 radical (unpaired) electrons. The highest BCUT2D eigenvalue weighted by molar-refractivity contribution is 5.77. The van der Waals surface area contributed by atoms with Gasteiger partial charge in [0, 0.05) is 0 Å². The van der Waals surface area contributed by atoms with Crippen LogP contribution in [0.15, 0.2) is 48.5 Å². The summed E-state index contributed by atoms with van der Waals surface area (Å²) < 4.78 is 5.77. The van der Waals surface area contributed by atoms with Crippen molar-refractivity contribution in [3.8, 4) is 5.75 Å². The highest BCUT2D eigenvalue weighted by Crippen LogP contribution is 2.27. The first kappa shape index (κ1) is 21.2. The van der Waals surface area contributed by atoms with Crippen molar-refractivity contribution < 1.29 is 14.4 Å². The Morgan fingerprint density at radius 1 is 1.10 bits per heavy atom. The Kier molecular flexibility index (Phi) is 7.53. The number of amides is 1. The number of para-hydroxylation sites is 2. The molecule has 0 aliphatic carbocycles. The normalized spacial score (nSPS) is 15.8. The van der Waals surface area contributed by atoms with Crippen LogP contribution in [0.4, 0.5) is 5.69 Å². The molecule has 5 heteroatoms. The van der Waals surface area contributed by atoms with Gasteiger partial charge in [0.15, 0.2) is 6.54 Å². The van der Waals surface area contributed by atoms with Crippen molar-refractivity contribution in [2.24, 2.45) is 0 Å². The molecule has 1 aliphatic heterocycles. The maximum atomic E-state index is 12.6. The Morgan fingerprint density at radius 3 is 2.45 bits per heavy atom. The lowest BCUT2D eigenvalue weighted by molar-refractivity contribution is -0.892. The third-order valence-electron chi connectivity index (χ3n) is 5.61. The second kappa shape index (κ2) is 10.3. The SMILES string of the molecule is CCOc1ccccc1N1CC[NH+](CC(=O)N[C@@H](CC)c2ccc(C)cc2)CC1. The monoisotopic (exact) mass is 396 g/mol. The number of nitrogens with zero attached hydrogens (tertiary/aromatic N) is 1. The van der Waals surface area contributed by atoms with Crippen molar-refractivity contribution in [1.29, 1.82) is 0 Å². The number of carbonyl (C=O) groups is 1. The topological polar surface area (TPSA) is 46.0 Å². The molecule has 5 nitrogen and oxygen atoms in total. The molecule has 1 amide bonds. The zero-order chi connectivity index (χ0) is 20.6. The van der Waals surface area contributed by atoms with Gasteiger partial charge in [0.05, 0.1) is 44.5 Å². The quantitative estimate of drug-likeness (QED) is 0.720. The molecule has 156 valence electrons. The van der Waals surface area contributed by atoms with Crippen molar-refractivity contribution >= 4 is 11.6 Å². The number of ether oxygens (including phenoxy) is 1. The minimum Gasteiger partial charge on any atom is -0.492 e. The van der Waals surface area contributed by atoms with Gasteiger partial charge in [-0.1, -0.05) is 48.9 Å². The molecule has 1 heterocycles. The van der Waals surface area contributed by atoms with Crippen LogP contribution in [-0.2, 0) is 4.79 Å². The van der Waals surface area contributed by atoms with Crippen LogP contribution < -0.4 is 19.9 Å². The van der Waals surface area contributed by atoms with Crippen molar-refractivity contribution in [3.05, 3.63) is 59.7 Å². The van der Waals surface area contributed by atoms with Gasteiger partial charge in [0.25, 0.3) is 5.91 Å². The summed E-state index contributed by atoms with van der Waals surface area (Å²) in [5.41, 5.74) is 3.57. The lowest BCUT2D eigenvalue weighted by Gasteiger charge is -2.34. The molecule has 0 aromatic heterocycles. The van der Waals surface area contributed by atoms with E-state index in [0.29, 0.717) is 13.2 Å². The van der Waals surface area contributed by atoms with Crippen LogP contribution in [0.1, 0.15) is 37.4 Å². The number of anilines is 1. The fourth-order valence-corrected chi connectivity index (χ4v) is 3.93. The van der Waals surface area contributed by atoms with E-state index in [2.05, 4.69) is 60.5 Å². The Hall–Kier alpha value is -2.53. The van der Waals surface area contributed by atoms with Gasteiger partial charge in [0.1, 0.15) is 5.75 Å². The third kappa shape index (κ3) is 5.73. The maximum Gasteiger partial charge on any atom is 0.275 e. The van der Waals surface area contributed by atoms with Crippen molar-refractivity contribution in [1.82, 2.24) is 5.32 Å². The molecule has 1 saturated heterocycles. The molecule has 29 heavy (non-hydrogen) atoms. The summed E-state index contributed by atoms with van der Waals surface area (Å²) >= 11 is 0. The number of carbonyl (C=O) groups excluding carboxylic acids is 1. The average Bonchev–Trinajstić information content (AvgIpc) is 2.74. The predicted molar refractivity (Wildman–Crippen MR) is 118 cm³/mol. The van der Waals surface area contributed by atoms with Crippen molar-refractivity contribution in [2.45, 2.75) is 33.2 Å². The number of quaternary nitrogens is 1. The second-order valence-corrected chi connectivity index (χ2v) is 7.75. The summed E-state index contributed by atoms with van der Waals surface area (Å²) in [7, 11) is 0. The Bertz CT molecular complexity index is 783. The molecule has 0 unspecified atom stereocenters. The molecule has 2 aromatic carbocycles. The zero-order valence-electron chi connectivity index (χ0n) is 17.9. The minimum absolute atomic E-state index is 0.0851. The van der Waals surface area contributed by atoms with Crippen LogP contribution in [0, 0.1) is 6.92 Å². The highest BCUT2D eigenvalue weighted by Gasteiger charge is 2.24. The molecular weight excluding hydrogens is 362 g/mol. The molecule has 3 rings (SSSR count). The van der Waals surface area contributed by atoms with Gasteiger partial charge in [-0.2, -0.15) is 0 Å². The largest absolute Gasteiger partial charge is 0.492 e. The van der Waals surface area contributed by atoms with Crippen LogP contribution in [0.3, 0.4) is 0 Å². The molecule has 1 atom stereocenters. The smallest absolute Gasteiger partial charge is 0.275 e. The number of aryl methyl sites for hydroxylation is 1. The van der Waals surface area contributed by atoms with E-state index in [4.69, 9.17) is 4.74 Å². The van der Waals surface area contributed by atoms with E-state index in [1.807, 2.05) is 19.1 Å². The van der Waals surface area contributed by atoms with Gasteiger partial charge in [-0.15, -0.1) is 0 Å². The standard InChI is InChI=1S/C24H33N3O2/c1-4-21(20-12-10-19(3)11-13-20)25-24(28)18-26-14-16-27(17-15-26)22-8-6-7-9-23(22)29-5-2/h6-13,21H,4-5,14-18H2,1-3H3,(H,25,28)/p+1/t21-/m0/s1. The van der Waals surface area contributed by atoms with Gasteiger partial charge >= 0.3 is 0 Å². The van der Waals surface area contributed by atoms with Crippen molar-refractivity contribution in [3.63, 3.8) is 0 Å². The van der Waals surface area contributed by atoms with Gasteiger partial charge in [-0.25, -0.2) is 0 Å². The number of hydrogen-bond donors (Lipinski definition) is 2. The van der Waals surface area contributed by atoms with Crippen molar-refractivity contribution in [2.75, 3.05) is 44.2 Å². The van der Waals surface area contributed by atoms with E-state index < -0.39 is 0 Å².